The van der Waals surface area contributed by atoms with E-state index in [1.807, 2.05) is 0 Å². The van der Waals surface area contributed by atoms with Crippen LogP contribution in [-0.2, 0) is 0 Å². The molecule has 1 aromatic rings. The van der Waals surface area contributed by atoms with Gasteiger partial charge in [-0.05, 0) is 11.6 Å². The Bertz CT molecular complexity index is 318. The maximum absolute atomic E-state index is 11.7. The van der Waals surface area contributed by atoms with Gasteiger partial charge in [0.1, 0.15) is 0 Å². The van der Waals surface area contributed by atoms with E-state index >= 15 is 0 Å². The average molecular weight is 223 g/mol. The maximum Gasteiger partial charge on any atom is 0.392 e. The van der Waals surface area contributed by atoms with Crippen molar-refractivity contribution in [1.29, 1.82) is 0 Å². The monoisotopic (exact) mass is 222 g/mol. The van der Waals surface area contributed by atoms with E-state index in [-0.39, 0.29) is 5.28 Å². The Morgan fingerprint density at radius 3 is 2.36 bits per heavy atom. The molecule has 0 radical (unpaired) electrons. The molecule has 2 nitrogen and oxygen atoms in total. The normalized spacial score (nSPS) is 12.3. The summed E-state index contributed by atoms with van der Waals surface area (Å²) in [7, 11) is 0. The lowest BCUT2D eigenvalue weighted by atomic mass is 10.3. The number of hydrogen-bond donors (Lipinski definition) is 0. The highest BCUT2D eigenvalue weighted by molar-refractivity contribution is 6.28. The molecular formula is C8H6ClF3N2. The van der Waals surface area contributed by atoms with Gasteiger partial charge >= 0.3 is 6.18 Å². The highest BCUT2D eigenvalue weighted by Gasteiger charge is 2.24. The number of nitrogens with zero attached hydrogens (tertiary/aromatic N) is 2. The number of alkyl halides is 3. The zero-order valence-corrected chi connectivity index (χ0v) is 7.68. The standard InChI is InChI=1S/C8H6ClF3N2/c9-7-13-4-6(5-14-7)2-1-3-8(10,11)12/h1-2,4-5H,3H2. The fraction of sp³-hybridized carbons (Fsp3) is 0.250. The summed E-state index contributed by atoms with van der Waals surface area (Å²) in [5.74, 6) is 0. The first-order chi connectivity index (χ1) is 6.47. The van der Waals surface area contributed by atoms with Crippen molar-refractivity contribution < 1.29 is 13.2 Å². The quantitative estimate of drug-likeness (QED) is 0.719. The van der Waals surface area contributed by atoms with Crippen LogP contribution in [0.5, 0.6) is 0 Å². The molecule has 76 valence electrons. The van der Waals surface area contributed by atoms with Gasteiger partial charge in [0.2, 0.25) is 5.28 Å². The Kier molecular flexibility index (Phi) is 3.46. The Balaban J connectivity index is 2.57. The van der Waals surface area contributed by atoms with Gasteiger partial charge in [-0.3, -0.25) is 0 Å². The predicted molar refractivity (Wildman–Crippen MR) is 46.7 cm³/mol. The van der Waals surface area contributed by atoms with Crippen molar-refractivity contribution in [1.82, 2.24) is 9.97 Å². The van der Waals surface area contributed by atoms with Crippen molar-refractivity contribution in [2.24, 2.45) is 0 Å². The molecule has 6 heteroatoms. The zero-order chi connectivity index (χ0) is 10.6. The van der Waals surface area contributed by atoms with E-state index in [1.165, 1.54) is 18.5 Å². The zero-order valence-electron chi connectivity index (χ0n) is 6.92. The summed E-state index contributed by atoms with van der Waals surface area (Å²) in [6, 6.07) is 0. The molecule has 0 fully saturated rings. The van der Waals surface area contributed by atoms with E-state index in [0.29, 0.717) is 5.56 Å². The number of rotatable bonds is 2. The molecule has 0 bridgehead atoms. The number of allylic oxidation sites excluding steroid dienone is 1. The summed E-state index contributed by atoms with van der Waals surface area (Å²) in [6.07, 6.45) is -0.139. The van der Waals surface area contributed by atoms with Crippen LogP contribution >= 0.6 is 11.6 Å². The van der Waals surface area contributed by atoms with E-state index in [1.54, 1.807) is 0 Å². The van der Waals surface area contributed by atoms with Crippen LogP contribution in [0.3, 0.4) is 0 Å². The lowest BCUT2D eigenvalue weighted by Crippen LogP contribution is -2.03. The van der Waals surface area contributed by atoms with Crippen LogP contribution in [0.25, 0.3) is 6.08 Å². The van der Waals surface area contributed by atoms with Gasteiger partial charge in [-0.2, -0.15) is 13.2 Å². The Hall–Kier alpha value is -1.10. The van der Waals surface area contributed by atoms with E-state index in [0.717, 1.165) is 6.08 Å². The highest BCUT2D eigenvalue weighted by atomic mass is 35.5. The molecule has 0 unspecified atom stereocenters. The van der Waals surface area contributed by atoms with E-state index < -0.39 is 12.6 Å². The molecule has 0 aromatic carbocycles. The summed E-state index contributed by atoms with van der Waals surface area (Å²) >= 11 is 5.39. The van der Waals surface area contributed by atoms with Gasteiger partial charge in [0.05, 0.1) is 6.42 Å². The summed E-state index contributed by atoms with van der Waals surface area (Å²) in [4.78, 5) is 7.23. The maximum atomic E-state index is 11.7. The molecular weight excluding hydrogens is 217 g/mol. The first-order valence-electron chi connectivity index (χ1n) is 3.68. The molecule has 1 heterocycles. The van der Waals surface area contributed by atoms with Gasteiger partial charge in [-0.1, -0.05) is 12.2 Å². The third kappa shape index (κ3) is 4.23. The van der Waals surface area contributed by atoms with Crippen molar-refractivity contribution in [2.75, 3.05) is 0 Å². The molecule has 0 amide bonds. The number of hydrogen-bond acceptors (Lipinski definition) is 2. The van der Waals surface area contributed by atoms with Crippen molar-refractivity contribution in [3.63, 3.8) is 0 Å². The topological polar surface area (TPSA) is 25.8 Å². The molecule has 0 atom stereocenters. The smallest absolute Gasteiger partial charge is 0.226 e. The molecule has 1 aromatic heterocycles. The minimum atomic E-state index is -4.18. The van der Waals surface area contributed by atoms with Gasteiger partial charge in [0, 0.05) is 18.0 Å². The number of aromatic nitrogens is 2. The fourth-order valence-electron chi connectivity index (χ4n) is 0.737. The molecule has 0 spiro atoms. The molecule has 0 saturated heterocycles. The minimum absolute atomic E-state index is 0.0676. The van der Waals surface area contributed by atoms with Crippen molar-refractivity contribution in [2.45, 2.75) is 12.6 Å². The van der Waals surface area contributed by atoms with Gasteiger partial charge in [-0.25, -0.2) is 9.97 Å². The first-order valence-corrected chi connectivity index (χ1v) is 4.06. The van der Waals surface area contributed by atoms with Crippen LogP contribution in [-0.4, -0.2) is 16.1 Å². The van der Waals surface area contributed by atoms with Crippen molar-refractivity contribution >= 4 is 17.7 Å². The average Bonchev–Trinajstić information content (AvgIpc) is 2.06. The second-order valence-corrected chi connectivity index (χ2v) is 2.85. The minimum Gasteiger partial charge on any atom is -0.226 e. The Morgan fingerprint density at radius 1 is 1.29 bits per heavy atom. The van der Waals surface area contributed by atoms with Crippen LogP contribution in [0.1, 0.15) is 12.0 Å². The van der Waals surface area contributed by atoms with Gasteiger partial charge < -0.3 is 0 Å². The van der Waals surface area contributed by atoms with Gasteiger partial charge in [0.15, 0.2) is 0 Å². The summed E-state index contributed by atoms with van der Waals surface area (Å²) in [5, 5.41) is 0.0676. The second-order valence-electron chi connectivity index (χ2n) is 2.51. The number of halogens is 4. The van der Waals surface area contributed by atoms with Crippen molar-refractivity contribution in [3.05, 3.63) is 29.3 Å². The van der Waals surface area contributed by atoms with Crippen LogP contribution < -0.4 is 0 Å². The van der Waals surface area contributed by atoms with Gasteiger partial charge in [-0.15, -0.1) is 0 Å². The molecule has 14 heavy (non-hydrogen) atoms. The molecule has 0 aliphatic heterocycles. The van der Waals surface area contributed by atoms with Crippen LogP contribution in [0.15, 0.2) is 18.5 Å². The molecule has 0 aliphatic carbocycles. The third-order valence-electron chi connectivity index (χ3n) is 1.30. The SMILES string of the molecule is FC(F)(F)CC=Cc1cnc(Cl)nc1. The lowest BCUT2D eigenvalue weighted by molar-refractivity contribution is -0.124. The van der Waals surface area contributed by atoms with Gasteiger partial charge in [0.25, 0.3) is 0 Å². The Labute approximate surface area is 83.4 Å². The predicted octanol–water partition coefficient (Wildman–Crippen LogP) is 3.10. The van der Waals surface area contributed by atoms with E-state index in [4.69, 9.17) is 11.6 Å². The first kappa shape index (κ1) is 11.0. The van der Waals surface area contributed by atoms with Crippen LogP contribution in [0.2, 0.25) is 5.28 Å². The summed E-state index contributed by atoms with van der Waals surface area (Å²) in [6.45, 7) is 0. The molecule has 0 saturated carbocycles. The molecule has 0 aliphatic rings. The highest BCUT2D eigenvalue weighted by Crippen LogP contribution is 2.20. The third-order valence-corrected chi connectivity index (χ3v) is 1.50. The molecule has 0 N–H and O–H groups in total. The van der Waals surface area contributed by atoms with Crippen molar-refractivity contribution in [3.8, 4) is 0 Å². The van der Waals surface area contributed by atoms with E-state index in [2.05, 4.69) is 9.97 Å². The fourth-order valence-corrected chi connectivity index (χ4v) is 0.835. The second kappa shape index (κ2) is 4.41. The van der Waals surface area contributed by atoms with Crippen LogP contribution in [0.4, 0.5) is 13.2 Å². The molecule has 1 rings (SSSR count). The van der Waals surface area contributed by atoms with Crippen LogP contribution in [0, 0.1) is 0 Å². The van der Waals surface area contributed by atoms with E-state index in [9.17, 15) is 13.2 Å². The summed E-state index contributed by atoms with van der Waals surface area (Å²) in [5.41, 5.74) is 0.485. The summed E-state index contributed by atoms with van der Waals surface area (Å²) < 4.78 is 35.2. The largest absolute Gasteiger partial charge is 0.392 e. The Morgan fingerprint density at radius 2 is 1.86 bits per heavy atom. The lowest BCUT2D eigenvalue weighted by Gasteiger charge is -1.99.